The summed E-state index contributed by atoms with van der Waals surface area (Å²) in [5.41, 5.74) is 2.89. The summed E-state index contributed by atoms with van der Waals surface area (Å²) in [4.78, 5) is 18.7. The van der Waals surface area contributed by atoms with Gasteiger partial charge in [0.25, 0.3) is 0 Å². The Bertz CT molecular complexity index is 700. The quantitative estimate of drug-likeness (QED) is 0.845. The number of benzene rings is 1. The number of likely N-dealkylation sites (tertiary alicyclic amines) is 1. The first-order valence-electron chi connectivity index (χ1n) is 8.31. The van der Waals surface area contributed by atoms with Crippen molar-refractivity contribution in [2.75, 3.05) is 13.1 Å². The lowest BCUT2D eigenvalue weighted by molar-refractivity contribution is 0.0856. The van der Waals surface area contributed by atoms with Gasteiger partial charge >= 0.3 is 6.09 Å². The molecule has 1 aliphatic heterocycles. The summed E-state index contributed by atoms with van der Waals surface area (Å²) in [7, 11) is 0. The first-order chi connectivity index (χ1) is 11.8. The van der Waals surface area contributed by atoms with Gasteiger partial charge < -0.3 is 9.64 Å². The van der Waals surface area contributed by atoms with E-state index in [0.717, 1.165) is 36.3 Å². The number of amides is 1. The molecule has 4 heteroatoms. The molecule has 4 nitrogen and oxygen atoms in total. The van der Waals surface area contributed by atoms with Gasteiger partial charge in [0.1, 0.15) is 6.61 Å². The lowest BCUT2D eigenvalue weighted by atomic mass is 9.94. The fourth-order valence-corrected chi connectivity index (χ4v) is 3.00. The van der Waals surface area contributed by atoms with Crippen LogP contribution in [0.4, 0.5) is 4.79 Å². The van der Waals surface area contributed by atoms with Crippen molar-refractivity contribution in [2.24, 2.45) is 0 Å². The van der Waals surface area contributed by atoms with Gasteiger partial charge in [0.2, 0.25) is 0 Å². The SMILES string of the molecule is C=Cc1cccc(C2CCCN(C(=O)OCc3ccccc3)C2)n1. The van der Waals surface area contributed by atoms with E-state index in [1.807, 2.05) is 48.5 Å². The van der Waals surface area contributed by atoms with Crippen LogP contribution in [0.2, 0.25) is 0 Å². The zero-order valence-corrected chi connectivity index (χ0v) is 13.7. The molecule has 1 amide bonds. The fraction of sp³-hybridized carbons (Fsp3) is 0.300. The van der Waals surface area contributed by atoms with Gasteiger partial charge in [-0.05, 0) is 36.6 Å². The molecule has 1 aromatic carbocycles. The Morgan fingerprint density at radius 1 is 1.25 bits per heavy atom. The molecule has 24 heavy (non-hydrogen) atoms. The third-order valence-electron chi connectivity index (χ3n) is 4.30. The van der Waals surface area contributed by atoms with Crippen molar-refractivity contribution in [3.8, 4) is 0 Å². The van der Waals surface area contributed by atoms with E-state index in [9.17, 15) is 4.79 Å². The van der Waals surface area contributed by atoms with Crippen molar-refractivity contribution in [1.82, 2.24) is 9.88 Å². The second-order valence-corrected chi connectivity index (χ2v) is 6.02. The van der Waals surface area contributed by atoms with Crippen molar-refractivity contribution in [2.45, 2.75) is 25.4 Å². The van der Waals surface area contributed by atoms with Gasteiger partial charge in [0.15, 0.2) is 0 Å². The first-order valence-corrected chi connectivity index (χ1v) is 8.31. The second-order valence-electron chi connectivity index (χ2n) is 6.02. The zero-order valence-electron chi connectivity index (χ0n) is 13.7. The number of rotatable bonds is 4. The summed E-state index contributed by atoms with van der Waals surface area (Å²) in [6, 6.07) is 15.7. The van der Waals surface area contributed by atoms with E-state index in [-0.39, 0.29) is 12.0 Å². The molecule has 0 bridgehead atoms. The van der Waals surface area contributed by atoms with Crippen molar-refractivity contribution in [3.05, 3.63) is 72.1 Å². The fourth-order valence-electron chi connectivity index (χ4n) is 3.00. The maximum atomic E-state index is 12.3. The highest BCUT2D eigenvalue weighted by Gasteiger charge is 2.26. The molecule has 2 aromatic rings. The molecule has 1 fully saturated rings. The van der Waals surface area contributed by atoms with Crippen molar-refractivity contribution < 1.29 is 9.53 Å². The predicted molar refractivity (Wildman–Crippen MR) is 94.5 cm³/mol. The Kier molecular flexibility index (Phi) is 5.26. The molecule has 2 heterocycles. The van der Waals surface area contributed by atoms with Crippen LogP contribution in [0.5, 0.6) is 0 Å². The van der Waals surface area contributed by atoms with E-state index in [2.05, 4.69) is 11.6 Å². The maximum absolute atomic E-state index is 12.3. The van der Waals surface area contributed by atoms with Gasteiger partial charge in [0, 0.05) is 24.7 Å². The summed E-state index contributed by atoms with van der Waals surface area (Å²) in [5, 5.41) is 0. The molecule has 1 saturated heterocycles. The second kappa shape index (κ2) is 7.77. The number of nitrogens with zero attached hydrogens (tertiary/aromatic N) is 2. The largest absolute Gasteiger partial charge is 0.445 e. The molecule has 0 aliphatic carbocycles. The molecule has 0 radical (unpaired) electrons. The van der Waals surface area contributed by atoms with Crippen LogP contribution in [0.1, 0.15) is 35.7 Å². The van der Waals surface area contributed by atoms with Crippen LogP contribution >= 0.6 is 0 Å². The van der Waals surface area contributed by atoms with Crippen LogP contribution in [0.15, 0.2) is 55.1 Å². The number of ether oxygens (including phenoxy) is 1. The summed E-state index contributed by atoms with van der Waals surface area (Å²) >= 11 is 0. The molecule has 0 spiro atoms. The molecule has 124 valence electrons. The van der Waals surface area contributed by atoms with Crippen molar-refractivity contribution >= 4 is 12.2 Å². The Hall–Kier alpha value is -2.62. The minimum atomic E-state index is -0.247. The number of aromatic nitrogens is 1. The van der Waals surface area contributed by atoms with E-state index < -0.39 is 0 Å². The molecular formula is C20H22N2O2. The Morgan fingerprint density at radius 2 is 2.08 bits per heavy atom. The predicted octanol–water partition coefficient (Wildman–Crippen LogP) is 4.24. The number of pyridine rings is 1. The number of carbonyl (C=O) groups is 1. The van der Waals surface area contributed by atoms with Crippen LogP contribution < -0.4 is 0 Å². The first kappa shape index (κ1) is 16.2. The Morgan fingerprint density at radius 3 is 2.88 bits per heavy atom. The van der Waals surface area contributed by atoms with E-state index in [4.69, 9.17) is 4.74 Å². The van der Waals surface area contributed by atoms with Crippen molar-refractivity contribution in [3.63, 3.8) is 0 Å². The third kappa shape index (κ3) is 4.02. The normalized spacial score (nSPS) is 17.3. The van der Waals surface area contributed by atoms with Crippen LogP contribution in [-0.2, 0) is 11.3 Å². The molecule has 0 N–H and O–H groups in total. The van der Waals surface area contributed by atoms with E-state index in [0.29, 0.717) is 13.2 Å². The topological polar surface area (TPSA) is 42.4 Å². The van der Waals surface area contributed by atoms with Crippen LogP contribution in [0.3, 0.4) is 0 Å². The highest BCUT2D eigenvalue weighted by atomic mass is 16.6. The molecule has 1 unspecified atom stereocenters. The maximum Gasteiger partial charge on any atom is 0.410 e. The average molecular weight is 322 g/mol. The van der Waals surface area contributed by atoms with Gasteiger partial charge in [-0.1, -0.05) is 43.0 Å². The Balaban J connectivity index is 1.60. The van der Waals surface area contributed by atoms with E-state index in [1.165, 1.54) is 0 Å². The lowest BCUT2D eigenvalue weighted by Crippen LogP contribution is -2.39. The highest BCUT2D eigenvalue weighted by molar-refractivity contribution is 5.67. The average Bonchev–Trinajstić information content (AvgIpc) is 2.67. The van der Waals surface area contributed by atoms with Crippen molar-refractivity contribution in [1.29, 1.82) is 0 Å². The minimum absolute atomic E-state index is 0.247. The minimum Gasteiger partial charge on any atom is -0.445 e. The molecular weight excluding hydrogens is 300 g/mol. The number of piperidine rings is 1. The third-order valence-corrected chi connectivity index (χ3v) is 4.30. The molecule has 0 saturated carbocycles. The van der Waals surface area contributed by atoms with Crippen LogP contribution in [-0.4, -0.2) is 29.1 Å². The van der Waals surface area contributed by atoms with E-state index in [1.54, 1.807) is 11.0 Å². The highest BCUT2D eigenvalue weighted by Crippen LogP contribution is 2.26. The van der Waals surface area contributed by atoms with Gasteiger partial charge in [-0.15, -0.1) is 0 Å². The summed E-state index contributed by atoms with van der Waals surface area (Å²) < 4.78 is 5.45. The van der Waals surface area contributed by atoms with Gasteiger partial charge in [-0.2, -0.15) is 0 Å². The summed E-state index contributed by atoms with van der Waals surface area (Å²) in [5.74, 6) is 0.253. The molecule has 3 rings (SSSR count). The summed E-state index contributed by atoms with van der Waals surface area (Å²) in [6.07, 6.45) is 3.50. The monoisotopic (exact) mass is 322 g/mol. The number of hydrogen-bond acceptors (Lipinski definition) is 3. The van der Waals surface area contributed by atoms with Crippen LogP contribution in [0, 0.1) is 0 Å². The summed E-state index contributed by atoms with van der Waals surface area (Å²) in [6.45, 7) is 5.47. The zero-order chi connectivity index (χ0) is 16.8. The standard InChI is InChI=1S/C20H22N2O2/c1-2-18-11-6-12-19(21-18)17-10-7-13-22(14-17)20(23)24-15-16-8-4-3-5-9-16/h2-6,8-9,11-12,17H,1,7,10,13-15H2. The number of carbonyl (C=O) groups excluding carboxylic acids is 1. The van der Waals surface area contributed by atoms with E-state index >= 15 is 0 Å². The van der Waals surface area contributed by atoms with Gasteiger partial charge in [-0.25, -0.2) is 4.79 Å². The Labute approximate surface area is 142 Å². The van der Waals surface area contributed by atoms with Gasteiger partial charge in [0.05, 0.1) is 5.69 Å². The smallest absolute Gasteiger partial charge is 0.410 e. The number of hydrogen-bond donors (Lipinski definition) is 0. The van der Waals surface area contributed by atoms with Gasteiger partial charge in [-0.3, -0.25) is 4.98 Å². The lowest BCUT2D eigenvalue weighted by Gasteiger charge is -2.31. The van der Waals surface area contributed by atoms with Crippen LogP contribution in [0.25, 0.3) is 6.08 Å². The molecule has 1 aromatic heterocycles. The molecule has 1 aliphatic rings. The molecule has 1 atom stereocenters.